The summed E-state index contributed by atoms with van der Waals surface area (Å²) in [6.45, 7) is 7.64. The highest BCUT2D eigenvalue weighted by Crippen LogP contribution is 2.12. The van der Waals surface area contributed by atoms with Crippen molar-refractivity contribution >= 4 is 0 Å². The van der Waals surface area contributed by atoms with Gasteiger partial charge in [-0.05, 0) is 43.9 Å². The van der Waals surface area contributed by atoms with E-state index in [1.54, 1.807) is 6.92 Å². The van der Waals surface area contributed by atoms with E-state index in [1.807, 2.05) is 19.1 Å². The summed E-state index contributed by atoms with van der Waals surface area (Å²) < 4.78 is 12.9. The zero-order valence-electron chi connectivity index (χ0n) is 8.23. The molecule has 0 aromatic heterocycles. The number of benzene rings is 1. The van der Waals surface area contributed by atoms with Crippen molar-refractivity contribution < 1.29 is 4.39 Å². The minimum Gasteiger partial charge on any atom is -0.207 e. The fourth-order valence-electron chi connectivity index (χ4n) is 1.22. The van der Waals surface area contributed by atoms with E-state index >= 15 is 0 Å². The van der Waals surface area contributed by atoms with E-state index in [1.165, 1.54) is 17.2 Å². The molecule has 0 amide bonds. The topological polar surface area (TPSA) is 0 Å². The van der Waals surface area contributed by atoms with Gasteiger partial charge in [0.05, 0.1) is 0 Å². The Morgan fingerprint density at radius 2 is 2.15 bits per heavy atom. The number of aryl methyl sites for hydroxylation is 2. The summed E-state index contributed by atoms with van der Waals surface area (Å²) in [5.74, 6) is -0.126. The summed E-state index contributed by atoms with van der Waals surface area (Å²) in [5.41, 5.74) is 3.07. The van der Waals surface area contributed by atoms with Gasteiger partial charge in [0.2, 0.25) is 0 Å². The molecule has 0 bridgehead atoms. The molecule has 0 spiro atoms. The van der Waals surface area contributed by atoms with Crippen LogP contribution in [0.5, 0.6) is 0 Å². The Balaban J connectivity index is 2.68. The predicted octanol–water partition coefficient (Wildman–Crippen LogP) is 3.64. The van der Waals surface area contributed by atoms with Crippen LogP contribution in [0.1, 0.15) is 24.5 Å². The molecule has 1 heteroatoms. The van der Waals surface area contributed by atoms with Crippen LogP contribution in [0, 0.1) is 12.7 Å². The minimum atomic E-state index is -0.126. The number of halogens is 1. The zero-order chi connectivity index (χ0) is 9.84. The van der Waals surface area contributed by atoms with Crippen molar-refractivity contribution in [1.82, 2.24) is 0 Å². The molecule has 0 unspecified atom stereocenters. The number of hydrogen-bond donors (Lipinski definition) is 0. The van der Waals surface area contributed by atoms with Crippen molar-refractivity contribution in [2.24, 2.45) is 0 Å². The molecule has 1 rings (SSSR count). The van der Waals surface area contributed by atoms with Gasteiger partial charge in [0.1, 0.15) is 5.82 Å². The van der Waals surface area contributed by atoms with E-state index in [0.717, 1.165) is 18.4 Å². The highest BCUT2D eigenvalue weighted by molar-refractivity contribution is 5.24. The highest BCUT2D eigenvalue weighted by Gasteiger charge is 1.98. The summed E-state index contributed by atoms with van der Waals surface area (Å²) in [6.07, 6.45) is 1.93. The van der Waals surface area contributed by atoms with E-state index in [0.29, 0.717) is 0 Å². The third-order valence-corrected chi connectivity index (χ3v) is 2.06. The Morgan fingerprint density at radius 3 is 2.69 bits per heavy atom. The molecule has 0 aliphatic rings. The van der Waals surface area contributed by atoms with Gasteiger partial charge in [-0.25, -0.2) is 4.39 Å². The summed E-state index contributed by atoms with van der Waals surface area (Å²) in [5, 5.41) is 0. The van der Waals surface area contributed by atoms with Crippen LogP contribution in [0.4, 0.5) is 4.39 Å². The van der Waals surface area contributed by atoms with E-state index < -0.39 is 0 Å². The van der Waals surface area contributed by atoms with E-state index in [4.69, 9.17) is 0 Å². The Bertz CT molecular complexity index is 313. The standard InChI is InChI=1S/C12H15F/c1-9(2)4-5-11-6-7-12(13)10(3)8-11/h6-8H,1,4-5H2,2-3H3. The van der Waals surface area contributed by atoms with E-state index in [9.17, 15) is 4.39 Å². The third kappa shape index (κ3) is 3.02. The molecule has 1 aromatic carbocycles. The number of rotatable bonds is 3. The monoisotopic (exact) mass is 178 g/mol. The van der Waals surface area contributed by atoms with Crippen molar-refractivity contribution in [3.8, 4) is 0 Å². The Hall–Kier alpha value is -1.11. The Morgan fingerprint density at radius 1 is 1.46 bits per heavy atom. The van der Waals surface area contributed by atoms with Gasteiger partial charge in [-0.1, -0.05) is 17.7 Å². The molecule has 0 aliphatic carbocycles. The molecule has 0 heterocycles. The fraction of sp³-hybridized carbons (Fsp3) is 0.333. The normalized spacial score (nSPS) is 10.1. The van der Waals surface area contributed by atoms with Crippen molar-refractivity contribution in [1.29, 1.82) is 0 Å². The summed E-state index contributed by atoms with van der Waals surface area (Å²) in [4.78, 5) is 0. The van der Waals surface area contributed by atoms with Crippen LogP contribution in [0.25, 0.3) is 0 Å². The second-order valence-corrected chi connectivity index (χ2v) is 3.54. The number of allylic oxidation sites excluding steroid dienone is 1. The molecule has 0 aliphatic heterocycles. The first-order valence-corrected chi connectivity index (χ1v) is 4.49. The van der Waals surface area contributed by atoms with Crippen LogP contribution >= 0.6 is 0 Å². The summed E-state index contributed by atoms with van der Waals surface area (Å²) >= 11 is 0. The van der Waals surface area contributed by atoms with Gasteiger partial charge in [0, 0.05) is 0 Å². The molecule has 0 nitrogen and oxygen atoms in total. The van der Waals surface area contributed by atoms with Crippen molar-refractivity contribution in [3.63, 3.8) is 0 Å². The maximum atomic E-state index is 12.9. The largest absolute Gasteiger partial charge is 0.207 e. The van der Waals surface area contributed by atoms with Gasteiger partial charge in [0.25, 0.3) is 0 Å². The van der Waals surface area contributed by atoms with Crippen LogP contribution in [-0.2, 0) is 6.42 Å². The van der Waals surface area contributed by atoms with Gasteiger partial charge < -0.3 is 0 Å². The van der Waals surface area contributed by atoms with Crippen molar-refractivity contribution in [2.75, 3.05) is 0 Å². The first-order chi connectivity index (χ1) is 6.09. The van der Waals surface area contributed by atoms with Gasteiger partial charge in [0.15, 0.2) is 0 Å². The lowest BCUT2D eigenvalue weighted by molar-refractivity contribution is 0.617. The second kappa shape index (κ2) is 4.22. The lowest BCUT2D eigenvalue weighted by atomic mass is 10.0. The molecular weight excluding hydrogens is 163 g/mol. The van der Waals surface area contributed by atoms with Crippen LogP contribution in [0.15, 0.2) is 30.4 Å². The van der Waals surface area contributed by atoms with E-state index in [-0.39, 0.29) is 5.82 Å². The molecule has 13 heavy (non-hydrogen) atoms. The molecule has 0 N–H and O–H groups in total. The first kappa shape index (κ1) is 9.97. The SMILES string of the molecule is C=C(C)CCc1ccc(F)c(C)c1. The molecule has 1 aromatic rings. The van der Waals surface area contributed by atoms with Crippen LogP contribution < -0.4 is 0 Å². The Labute approximate surface area is 79.1 Å². The molecule has 70 valence electrons. The van der Waals surface area contributed by atoms with E-state index in [2.05, 4.69) is 6.58 Å². The molecule has 0 radical (unpaired) electrons. The average molecular weight is 178 g/mol. The van der Waals surface area contributed by atoms with Gasteiger partial charge in [-0.15, -0.1) is 6.58 Å². The van der Waals surface area contributed by atoms with Crippen molar-refractivity contribution in [2.45, 2.75) is 26.7 Å². The van der Waals surface area contributed by atoms with Crippen LogP contribution in [-0.4, -0.2) is 0 Å². The van der Waals surface area contributed by atoms with Crippen molar-refractivity contribution in [3.05, 3.63) is 47.3 Å². The lowest BCUT2D eigenvalue weighted by Crippen LogP contribution is -1.89. The Kier molecular flexibility index (Phi) is 3.24. The smallest absolute Gasteiger partial charge is 0.126 e. The molecule has 0 atom stereocenters. The maximum absolute atomic E-state index is 12.9. The molecule has 0 fully saturated rings. The minimum absolute atomic E-state index is 0.126. The zero-order valence-corrected chi connectivity index (χ0v) is 8.23. The molecule has 0 saturated carbocycles. The fourth-order valence-corrected chi connectivity index (χ4v) is 1.22. The van der Waals surface area contributed by atoms with Crippen LogP contribution in [0.2, 0.25) is 0 Å². The summed E-state index contributed by atoms with van der Waals surface area (Å²) in [6, 6.07) is 5.27. The summed E-state index contributed by atoms with van der Waals surface area (Å²) in [7, 11) is 0. The maximum Gasteiger partial charge on any atom is 0.126 e. The second-order valence-electron chi connectivity index (χ2n) is 3.54. The lowest BCUT2D eigenvalue weighted by Gasteiger charge is -2.03. The third-order valence-electron chi connectivity index (χ3n) is 2.06. The quantitative estimate of drug-likeness (QED) is 0.620. The number of hydrogen-bond acceptors (Lipinski definition) is 0. The molecule has 0 saturated heterocycles. The predicted molar refractivity (Wildman–Crippen MR) is 54.3 cm³/mol. The van der Waals surface area contributed by atoms with Crippen LogP contribution in [0.3, 0.4) is 0 Å². The average Bonchev–Trinajstić information content (AvgIpc) is 2.07. The first-order valence-electron chi connectivity index (χ1n) is 4.49. The van der Waals surface area contributed by atoms with Gasteiger partial charge in [-0.3, -0.25) is 0 Å². The molecular formula is C12H15F. The van der Waals surface area contributed by atoms with Gasteiger partial charge >= 0.3 is 0 Å². The van der Waals surface area contributed by atoms with Gasteiger partial charge in [-0.2, -0.15) is 0 Å². The highest BCUT2D eigenvalue weighted by atomic mass is 19.1.